The smallest absolute Gasteiger partial charge is 0.226 e. The second-order valence-electron chi connectivity index (χ2n) is 4.01. The van der Waals surface area contributed by atoms with Crippen LogP contribution in [0.2, 0.25) is 0 Å². The Morgan fingerprint density at radius 2 is 2.10 bits per heavy atom. The van der Waals surface area contributed by atoms with E-state index >= 15 is 0 Å². The molecule has 0 amide bonds. The van der Waals surface area contributed by atoms with Gasteiger partial charge in [0.25, 0.3) is 0 Å². The molecule has 0 atom stereocenters. The maximum atomic E-state index is 11.4. The molecule has 2 aromatic rings. The quantitative estimate of drug-likeness (QED) is 0.555. The molecule has 10 heteroatoms. The first-order chi connectivity index (χ1) is 9.55. The summed E-state index contributed by atoms with van der Waals surface area (Å²) in [6.07, 6.45) is 1.60. The van der Waals surface area contributed by atoms with Crippen molar-refractivity contribution in [3.8, 4) is 0 Å². The molecule has 2 heterocycles. The number of sulfonamides is 1. The molecule has 0 aliphatic heterocycles. The zero-order valence-corrected chi connectivity index (χ0v) is 12.1. The molecule has 2 aromatic heterocycles. The summed E-state index contributed by atoms with van der Waals surface area (Å²) in [5.41, 5.74) is 0.593. The Bertz CT molecular complexity index is 682. The minimum Gasteiger partial charge on any atom is -0.368 e. The third-order valence-corrected chi connectivity index (χ3v) is 3.98. The first kappa shape index (κ1) is 14.5. The van der Waals surface area contributed by atoms with Gasteiger partial charge in [-0.2, -0.15) is 15.1 Å². The van der Waals surface area contributed by atoms with Gasteiger partial charge in [0.2, 0.25) is 16.0 Å². The summed E-state index contributed by atoms with van der Waals surface area (Å²) >= 11 is 0. The molecule has 4 N–H and O–H groups in total. The molecule has 0 aromatic carbocycles. The number of nitrogens with one attached hydrogen (secondary N) is 4. The molecule has 9 nitrogen and oxygen atoms in total. The predicted octanol–water partition coefficient (Wildman–Crippen LogP) is -0.254. The number of fused-ring (bicyclic) bond motifs is 1. The van der Waals surface area contributed by atoms with Crippen molar-refractivity contribution in [3.63, 3.8) is 0 Å². The lowest BCUT2D eigenvalue weighted by Crippen LogP contribution is -2.26. The summed E-state index contributed by atoms with van der Waals surface area (Å²) in [7, 11) is -1.86. The molecule has 0 saturated heterocycles. The lowest BCUT2D eigenvalue weighted by atomic mass is 10.4. The van der Waals surface area contributed by atoms with E-state index in [1.54, 1.807) is 6.20 Å². The number of aromatic amines is 1. The minimum atomic E-state index is -3.24. The Balaban J connectivity index is 2.17. The van der Waals surface area contributed by atoms with Crippen molar-refractivity contribution in [2.75, 3.05) is 36.5 Å². The predicted molar refractivity (Wildman–Crippen MR) is 77.2 cm³/mol. The van der Waals surface area contributed by atoms with Crippen LogP contribution in [-0.4, -0.2) is 54.5 Å². The van der Waals surface area contributed by atoms with Crippen molar-refractivity contribution in [2.24, 2.45) is 0 Å². The first-order valence-corrected chi connectivity index (χ1v) is 7.81. The van der Waals surface area contributed by atoms with E-state index in [2.05, 4.69) is 35.5 Å². The lowest BCUT2D eigenvalue weighted by molar-refractivity contribution is 0.588. The molecule has 0 aliphatic rings. The highest BCUT2D eigenvalue weighted by atomic mass is 32.2. The topological polar surface area (TPSA) is 125 Å². The number of aromatic nitrogens is 4. The summed E-state index contributed by atoms with van der Waals surface area (Å²) in [6, 6.07) is 0. The Morgan fingerprint density at radius 3 is 2.80 bits per heavy atom. The molecule has 0 radical (unpaired) electrons. The Labute approximate surface area is 116 Å². The SMILES string of the molecule is CCNc1nc(NCCS(=O)(=O)NC)c2cn[nH]c2n1. The van der Waals surface area contributed by atoms with Gasteiger partial charge in [0.1, 0.15) is 5.82 Å². The summed E-state index contributed by atoms with van der Waals surface area (Å²) in [6.45, 7) is 2.87. The van der Waals surface area contributed by atoms with Crippen LogP contribution in [-0.2, 0) is 10.0 Å². The van der Waals surface area contributed by atoms with E-state index in [1.807, 2.05) is 6.92 Å². The molecular formula is C10H17N7O2S. The highest BCUT2D eigenvalue weighted by Crippen LogP contribution is 2.19. The van der Waals surface area contributed by atoms with E-state index in [1.165, 1.54) is 7.05 Å². The highest BCUT2D eigenvalue weighted by molar-refractivity contribution is 7.89. The Hall–Kier alpha value is -1.94. The molecule has 0 fully saturated rings. The van der Waals surface area contributed by atoms with Crippen LogP contribution in [0, 0.1) is 0 Å². The van der Waals surface area contributed by atoms with Crippen molar-refractivity contribution in [2.45, 2.75) is 6.92 Å². The normalized spacial score (nSPS) is 11.7. The molecule has 110 valence electrons. The van der Waals surface area contributed by atoms with Crippen LogP contribution in [0.25, 0.3) is 11.0 Å². The first-order valence-electron chi connectivity index (χ1n) is 6.16. The number of rotatable bonds is 7. The molecule has 0 bridgehead atoms. The van der Waals surface area contributed by atoms with Gasteiger partial charge in [-0.3, -0.25) is 5.10 Å². The number of nitrogens with zero attached hydrogens (tertiary/aromatic N) is 3. The van der Waals surface area contributed by atoms with Crippen LogP contribution >= 0.6 is 0 Å². The third kappa shape index (κ3) is 3.33. The minimum absolute atomic E-state index is 0.0383. The maximum absolute atomic E-state index is 11.4. The Morgan fingerprint density at radius 1 is 1.30 bits per heavy atom. The number of H-pyrrole nitrogens is 1. The van der Waals surface area contributed by atoms with Crippen molar-refractivity contribution < 1.29 is 8.42 Å². The van der Waals surface area contributed by atoms with Crippen LogP contribution in [0.5, 0.6) is 0 Å². The average Bonchev–Trinajstić information content (AvgIpc) is 2.87. The van der Waals surface area contributed by atoms with Crippen LogP contribution in [0.3, 0.4) is 0 Å². The van der Waals surface area contributed by atoms with Crippen LogP contribution < -0.4 is 15.4 Å². The van der Waals surface area contributed by atoms with Gasteiger partial charge in [-0.25, -0.2) is 13.1 Å². The average molecular weight is 299 g/mol. The van der Waals surface area contributed by atoms with Gasteiger partial charge in [-0.05, 0) is 14.0 Å². The second-order valence-corrected chi connectivity index (χ2v) is 6.05. The molecule has 0 saturated carbocycles. The number of anilines is 2. The van der Waals surface area contributed by atoms with E-state index in [4.69, 9.17) is 0 Å². The molecule has 0 spiro atoms. The van der Waals surface area contributed by atoms with Crippen LogP contribution in [0.4, 0.5) is 11.8 Å². The lowest BCUT2D eigenvalue weighted by Gasteiger charge is -2.09. The van der Waals surface area contributed by atoms with Gasteiger partial charge in [-0.15, -0.1) is 0 Å². The van der Waals surface area contributed by atoms with Gasteiger partial charge in [0.05, 0.1) is 17.3 Å². The molecule has 2 rings (SSSR count). The van der Waals surface area contributed by atoms with E-state index < -0.39 is 10.0 Å². The second kappa shape index (κ2) is 6.01. The molecule has 20 heavy (non-hydrogen) atoms. The number of hydrogen-bond donors (Lipinski definition) is 4. The van der Waals surface area contributed by atoms with Gasteiger partial charge < -0.3 is 10.6 Å². The van der Waals surface area contributed by atoms with Gasteiger partial charge >= 0.3 is 0 Å². The fourth-order valence-corrected chi connectivity index (χ4v) is 2.19. The van der Waals surface area contributed by atoms with Crippen LogP contribution in [0.15, 0.2) is 6.20 Å². The van der Waals surface area contributed by atoms with Gasteiger partial charge in [-0.1, -0.05) is 0 Å². The standard InChI is InChI=1S/C10H17N7O2S/c1-3-12-10-15-8(7-6-14-17-9(7)16-10)13-4-5-20(18,19)11-2/h6,11H,3-5H2,1-2H3,(H3,12,13,14,15,16,17). The Kier molecular flexibility index (Phi) is 4.35. The van der Waals surface area contributed by atoms with E-state index in [9.17, 15) is 8.42 Å². The third-order valence-electron chi connectivity index (χ3n) is 2.62. The van der Waals surface area contributed by atoms with E-state index in [0.717, 1.165) is 0 Å². The molecule has 0 unspecified atom stereocenters. The van der Waals surface area contributed by atoms with Crippen molar-refractivity contribution >= 4 is 32.8 Å². The molecular weight excluding hydrogens is 282 g/mol. The van der Waals surface area contributed by atoms with Gasteiger partial charge in [0, 0.05) is 13.1 Å². The summed E-state index contributed by atoms with van der Waals surface area (Å²) in [5, 5.41) is 13.4. The number of hydrogen-bond acceptors (Lipinski definition) is 7. The summed E-state index contributed by atoms with van der Waals surface area (Å²) in [5.74, 6) is 0.970. The molecule has 0 aliphatic carbocycles. The van der Waals surface area contributed by atoms with Gasteiger partial charge in [0.15, 0.2) is 5.65 Å². The fourth-order valence-electron chi connectivity index (χ4n) is 1.61. The monoisotopic (exact) mass is 299 g/mol. The summed E-state index contributed by atoms with van der Waals surface area (Å²) < 4.78 is 25.0. The zero-order chi connectivity index (χ0) is 14.6. The largest absolute Gasteiger partial charge is 0.368 e. The van der Waals surface area contributed by atoms with Crippen molar-refractivity contribution in [1.82, 2.24) is 24.9 Å². The maximum Gasteiger partial charge on any atom is 0.226 e. The highest BCUT2D eigenvalue weighted by Gasteiger charge is 2.11. The fraction of sp³-hybridized carbons (Fsp3) is 0.500. The summed E-state index contributed by atoms with van der Waals surface area (Å²) in [4.78, 5) is 8.55. The van der Waals surface area contributed by atoms with Crippen LogP contribution in [0.1, 0.15) is 6.92 Å². The van der Waals surface area contributed by atoms with E-state index in [0.29, 0.717) is 29.3 Å². The van der Waals surface area contributed by atoms with Crippen molar-refractivity contribution in [1.29, 1.82) is 0 Å². The van der Waals surface area contributed by atoms with Crippen molar-refractivity contribution in [3.05, 3.63) is 6.20 Å². The van der Waals surface area contributed by atoms with E-state index in [-0.39, 0.29) is 12.3 Å². The zero-order valence-electron chi connectivity index (χ0n) is 11.3.